The summed E-state index contributed by atoms with van der Waals surface area (Å²) in [6, 6.07) is 10.2. The second-order valence-corrected chi connectivity index (χ2v) is 4.18. The molecule has 2 heterocycles. The summed E-state index contributed by atoms with van der Waals surface area (Å²) < 4.78 is 0. The normalized spacial score (nSPS) is 10.8. The zero-order valence-corrected chi connectivity index (χ0v) is 10.4. The molecule has 2 N–H and O–H groups in total. The third kappa shape index (κ3) is 1.72. The quantitative estimate of drug-likeness (QED) is 0.721. The van der Waals surface area contributed by atoms with Crippen LogP contribution >= 0.6 is 0 Å². The Morgan fingerprint density at radius 3 is 2.83 bits per heavy atom. The molecule has 4 nitrogen and oxygen atoms in total. The van der Waals surface area contributed by atoms with Crippen LogP contribution in [0.3, 0.4) is 0 Å². The molecule has 0 saturated heterocycles. The molecule has 1 aromatic carbocycles. The van der Waals surface area contributed by atoms with Crippen molar-refractivity contribution in [3.8, 4) is 11.3 Å². The summed E-state index contributed by atoms with van der Waals surface area (Å²) in [5, 5.41) is 4.24. The Kier molecular flexibility index (Phi) is 2.48. The molecule has 0 amide bonds. The molecule has 0 atom stereocenters. The molecule has 3 rings (SSSR count). The number of para-hydroxylation sites is 1. The van der Waals surface area contributed by atoms with Crippen molar-refractivity contribution in [1.82, 2.24) is 15.0 Å². The molecule has 0 radical (unpaired) electrons. The van der Waals surface area contributed by atoms with Gasteiger partial charge in [0, 0.05) is 35.8 Å². The molecule has 90 valence electrons. The van der Waals surface area contributed by atoms with Gasteiger partial charge < -0.3 is 10.3 Å². The number of fused-ring (bicyclic) bond motifs is 1. The Hall–Kier alpha value is -2.36. The lowest BCUT2D eigenvalue weighted by molar-refractivity contribution is 1.06. The van der Waals surface area contributed by atoms with Gasteiger partial charge in [0.1, 0.15) is 11.6 Å². The highest BCUT2D eigenvalue weighted by atomic mass is 15.0. The lowest BCUT2D eigenvalue weighted by atomic mass is 10.1. The number of hydrogen-bond donors (Lipinski definition) is 2. The van der Waals surface area contributed by atoms with E-state index in [1.54, 1.807) is 0 Å². The number of aromatic nitrogens is 3. The van der Waals surface area contributed by atoms with Gasteiger partial charge in [-0.2, -0.15) is 0 Å². The first-order chi connectivity index (χ1) is 8.78. The highest BCUT2D eigenvalue weighted by Crippen LogP contribution is 2.28. The van der Waals surface area contributed by atoms with E-state index in [1.165, 1.54) is 5.39 Å². The van der Waals surface area contributed by atoms with Crippen LogP contribution < -0.4 is 5.32 Å². The molecule has 0 fully saturated rings. The minimum atomic E-state index is 0.766. The Morgan fingerprint density at radius 1 is 1.17 bits per heavy atom. The number of rotatable bonds is 2. The fraction of sp³-hybridized carbons (Fsp3) is 0.143. The number of nitrogens with zero attached hydrogens (tertiary/aromatic N) is 2. The van der Waals surface area contributed by atoms with Crippen molar-refractivity contribution < 1.29 is 0 Å². The first kappa shape index (κ1) is 10.8. The SMILES string of the molecule is CNc1cc(-c2c[nH]c3ccccc23)nc(C)n1. The number of benzene rings is 1. The minimum absolute atomic E-state index is 0.766. The summed E-state index contributed by atoms with van der Waals surface area (Å²) in [7, 11) is 1.86. The predicted octanol–water partition coefficient (Wildman–Crippen LogP) is 2.98. The van der Waals surface area contributed by atoms with Gasteiger partial charge in [-0.3, -0.25) is 0 Å². The van der Waals surface area contributed by atoms with Gasteiger partial charge in [0.05, 0.1) is 5.69 Å². The first-order valence-electron chi connectivity index (χ1n) is 5.88. The zero-order chi connectivity index (χ0) is 12.5. The van der Waals surface area contributed by atoms with E-state index in [0.717, 1.165) is 28.4 Å². The molecule has 3 aromatic rings. The fourth-order valence-electron chi connectivity index (χ4n) is 2.12. The Labute approximate surface area is 105 Å². The standard InChI is InChI=1S/C14H14N4/c1-9-17-13(7-14(15-2)18-9)11-8-16-12-6-4-3-5-10(11)12/h3-8,16H,1-2H3,(H,15,17,18). The van der Waals surface area contributed by atoms with Gasteiger partial charge in [-0.1, -0.05) is 18.2 Å². The monoisotopic (exact) mass is 238 g/mol. The van der Waals surface area contributed by atoms with Crippen LogP contribution in [0.4, 0.5) is 5.82 Å². The Bertz CT molecular complexity index is 700. The number of nitrogens with one attached hydrogen (secondary N) is 2. The van der Waals surface area contributed by atoms with Crippen molar-refractivity contribution >= 4 is 16.7 Å². The van der Waals surface area contributed by atoms with Crippen LogP contribution in [-0.4, -0.2) is 22.0 Å². The molecule has 0 aliphatic heterocycles. The van der Waals surface area contributed by atoms with Crippen LogP contribution in [0.15, 0.2) is 36.5 Å². The van der Waals surface area contributed by atoms with E-state index < -0.39 is 0 Å². The van der Waals surface area contributed by atoms with Gasteiger partial charge in [0.15, 0.2) is 0 Å². The highest BCUT2D eigenvalue weighted by molar-refractivity contribution is 5.94. The third-order valence-corrected chi connectivity index (χ3v) is 2.96. The number of aryl methyl sites for hydroxylation is 1. The molecule has 0 aliphatic carbocycles. The first-order valence-corrected chi connectivity index (χ1v) is 5.88. The van der Waals surface area contributed by atoms with E-state index in [4.69, 9.17) is 0 Å². The van der Waals surface area contributed by atoms with Gasteiger partial charge in [-0.05, 0) is 13.0 Å². The number of aromatic amines is 1. The summed E-state index contributed by atoms with van der Waals surface area (Å²) in [5.41, 5.74) is 3.16. The largest absolute Gasteiger partial charge is 0.373 e. The summed E-state index contributed by atoms with van der Waals surface area (Å²) >= 11 is 0. The Morgan fingerprint density at radius 2 is 2.00 bits per heavy atom. The van der Waals surface area contributed by atoms with Crippen molar-refractivity contribution in [3.05, 3.63) is 42.4 Å². The van der Waals surface area contributed by atoms with Gasteiger partial charge in [-0.25, -0.2) is 9.97 Å². The van der Waals surface area contributed by atoms with E-state index in [9.17, 15) is 0 Å². The van der Waals surface area contributed by atoms with Crippen molar-refractivity contribution in [2.75, 3.05) is 12.4 Å². The van der Waals surface area contributed by atoms with Gasteiger partial charge in [-0.15, -0.1) is 0 Å². The van der Waals surface area contributed by atoms with Crippen LogP contribution in [0, 0.1) is 6.92 Å². The summed E-state index contributed by atoms with van der Waals surface area (Å²) in [6.45, 7) is 1.90. The van der Waals surface area contributed by atoms with Crippen LogP contribution in [0.25, 0.3) is 22.2 Å². The second-order valence-electron chi connectivity index (χ2n) is 4.18. The molecule has 0 spiro atoms. The molecule has 18 heavy (non-hydrogen) atoms. The van der Waals surface area contributed by atoms with Crippen LogP contribution in [0.2, 0.25) is 0 Å². The minimum Gasteiger partial charge on any atom is -0.373 e. The number of H-pyrrole nitrogens is 1. The number of anilines is 1. The molecule has 4 heteroatoms. The van der Waals surface area contributed by atoms with Gasteiger partial charge in [0.2, 0.25) is 0 Å². The fourth-order valence-corrected chi connectivity index (χ4v) is 2.12. The van der Waals surface area contributed by atoms with Crippen LogP contribution in [0.5, 0.6) is 0 Å². The highest BCUT2D eigenvalue weighted by Gasteiger charge is 2.08. The molecule has 2 aromatic heterocycles. The average molecular weight is 238 g/mol. The summed E-state index contributed by atoms with van der Waals surface area (Å²) in [4.78, 5) is 12.1. The second kappa shape index (κ2) is 4.14. The van der Waals surface area contributed by atoms with Crippen LogP contribution in [-0.2, 0) is 0 Å². The summed E-state index contributed by atoms with van der Waals surface area (Å²) in [6.07, 6.45) is 1.99. The molecule has 0 aliphatic rings. The van der Waals surface area contributed by atoms with Crippen LogP contribution in [0.1, 0.15) is 5.82 Å². The lowest BCUT2D eigenvalue weighted by Gasteiger charge is -2.04. The van der Waals surface area contributed by atoms with E-state index in [0.29, 0.717) is 0 Å². The predicted molar refractivity (Wildman–Crippen MR) is 73.6 cm³/mol. The number of hydrogen-bond acceptors (Lipinski definition) is 3. The molecular weight excluding hydrogens is 224 g/mol. The maximum Gasteiger partial charge on any atom is 0.130 e. The van der Waals surface area contributed by atoms with Gasteiger partial charge >= 0.3 is 0 Å². The zero-order valence-electron chi connectivity index (χ0n) is 10.4. The van der Waals surface area contributed by atoms with Crippen molar-refractivity contribution in [2.45, 2.75) is 6.92 Å². The third-order valence-electron chi connectivity index (χ3n) is 2.96. The Balaban J connectivity index is 2.22. The lowest BCUT2D eigenvalue weighted by Crippen LogP contribution is -1.97. The van der Waals surface area contributed by atoms with E-state index >= 15 is 0 Å². The molecular formula is C14H14N4. The summed E-state index contributed by atoms with van der Waals surface area (Å²) in [5.74, 6) is 1.60. The molecule has 0 unspecified atom stereocenters. The maximum absolute atomic E-state index is 4.50. The smallest absolute Gasteiger partial charge is 0.130 e. The molecule has 0 bridgehead atoms. The maximum atomic E-state index is 4.50. The van der Waals surface area contributed by atoms with Crippen molar-refractivity contribution in [2.24, 2.45) is 0 Å². The van der Waals surface area contributed by atoms with E-state index in [2.05, 4.69) is 32.4 Å². The van der Waals surface area contributed by atoms with Gasteiger partial charge in [0.25, 0.3) is 0 Å². The van der Waals surface area contributed by atoms with Crippen molar-refractivity contribution in [1.29, 1.82) is 0 Å². The van der Waals surface area contributed by atoms with Crippen molar-refractivity contribution in [3.63, 3.8) is 0 Å². The topological polar surface area (TPSA) is 53.6 Å². The molecule has 0 saturated carbocycles. The van der Waals surface area contributed by atoms with E-state index in [-0.39, 0.29) is 0 Å². The van der Waals surface area contributed by atoms with E-state index in [1.807, 2.05) is 38.4 Å². The average Bonchev–Trinajstić information content (AvgIpc) is 2.81.